The Morgan fingerprint density at radius 3 is 2.28 bits per heavy atom. The second-order valence-corrected chi connectivity index (χ2v) is 7.39. The minimum Gasteiger partial charge on any atom is -0.496 e. The van der Waals surface area contributed by atoms with Crippen molar-refractivity contribution in [1.29, 1.82) is 5.26 Å². The average molecular weight is 422 g/mol. The van der Waals surface area contributed by atoms with E-state index in [-0.39, 0.29) is 12.2 Å². The van der Waals surface area contributed by atoms with Gasteiger partial charge in [0.1, 0.15) is 29.7 Å². The van der Waals surface area contributed by atoms with Gasteiger partial charge in [-0.1, -0.05) is 48.5 Å². The van der Waals surface area contributed by atoms with Gasteiger partial charge < -0.3 is 14.5 Å². The van der Waals surface area contributed by atoms with Gasteiger partial charge in [-0.3, -0.25) is 4.79 Å². The van der Waals surface area contributed by atoms with Gasteiger partial charge in [-0.05, 0) is 53.9 Å². The number of aromatic amines is 1. The molecule has 5 nitrogen and oxygen atoms in total. The molecule has 1 aromatic heterocycles. The minimum absolute atomic E-state index is 0.0872. The van der Waals surface area contributed by atoms with E-state index in [1.165, 1.54) is 0 Å². The van der Waals surface area contributed by atoms with Crippen molar-refractivity contribution in [2.75, 3.05) is 7.11 Å². The molecule has 32 heavy (non-hydrogen) atoms. The summed E-state index contributed by atoms with van der Waals surface area (Å²) in [5.41, 5.74) is 4.81. The molecule has 0 aliphatic heterocycles. The molecular formula is C27H22N2O3. The lowest BCUT2D eigenvalue weighted by molar-refractivity contribution is 0.297. The summed E-state index contributed by atoms with van der Waals surface area (Å²) in [4.78, 5) is 14.9. The highest BCUT2D eigenvalue weighted by Crippen LogP contribution is 2.29. The number of aromatic nitrogens is 1. The molecule has 0 atom stereocenters. The average Bonchev–Trinajstić information content (AvgIpc) is 2.83. The van der Waals surface area contributed by atoms with E-state index in [0.29, 0.717) is 17.0 Å². The number of H-pyrrole nitrogens is 1. The summed E-state index contributed by atoms with van der Waals surface area (Å²) >= 11 is 0. The second-order valence-electron chi connectivity index (χ2n) is 7.39. The number of nitriles is 1. The van der Waals surface area contributed by atoms with Crippen molar-refractivity contribution in [3.05, 3.63) is 106 Å². The molecule has 0 spiro atoms. The molecule has 0 radical (unpaired) electrons. The van der Waals surface area contributed by atoms with Crippen LogP contribution in [0.2, 0.25) is 0 Å². The van der Waals surface area contributed by atoms with Gasteiger partial charge >= 0.3 is 0 Å². The molecule has 0 unspecified atom stereocenters. The Labute approximate surface area is 186 Å². The van der Waals surface area contributed by atoms with Crippen molar-refractivity contribution in [3.8, 4) is 39.8 Å². The van der Waals surface area contributed by atoms with Crippen LogP contribution >= 0.6 is 0 Å². The summed E-state index contributed by atoms with van der Waals surface area (Å²) in [6.45, 7) is 2.07. The first-order valence-electron chi connectivity index (χ1n) is 10.2. The largest absolute Gasteiger partial charge is 0.496 e. The third kappa shape index (κ3) is 4.40. The van der Waals surface area contributed by atoms with Crippen LogP contribution in [0.5, 0.6) is 11.5 Å². The summed E-state index contributed by atoms with van der Waals surface area (Å²) < 4.78 is 11.5. The monoisotopic (exact) mass is 422 g/mol. The predicted molar refractivity (Wildman–Crippen MR) is 125 cm³/mol. The molecule has 0 saturated carbocycles. The molecule has 1 heterocycles. The first kappa shape index (κ1) is 21.0. The zero-order valence-electron chi connectivity index (χ0n) is 17.9. The molecule has 0 bridgehead atoms. The maximum atomic E-state index is 12.2. The number of hydrogen-bond acceptors (Lipinski definition) is 4. The van der Waals surface area contributed by atoms with E-state index in [4.69, 9.17) is 9.47 Å². The highest BCUT2D eigenvalue weighted by atomic mass is 16.5. The molecule has 3 aromatic carbocycles. The van der Waals surface area contributed by atoms with Crippen molar-refractivity contribution in [3.63, 3.8) is 0 Å². The standard InChI is InChI=1S/C27H22N2O3/c1-18-14-24(25(16-28)27(30)29-18)21-10-13-26(31-2)22(15-21)17-32-23-11-8-20(9-12-23)19-6-4-3-5-7-19/h3-15H,17H2,1-2H3,(H,29,30). The Bertz CT molecular complexity index is 1330. The Morgan fingerprint density at radius 1 is 0.906 bits per heavy atom. The Balaban J connectivity index is 1.60. The molecular weight excluding hydrogens is 400 g/mol. The molecule has 0 saturated heterocycles. The molecule has 5 heteroatoms. The quantitative estimate of drug-likeness (QED) is 0.447. The number of ether oxygens (including phenoxy) is 2. The van der Waals surface area contributed by atoms with Crippen LogP contribution in [0.15, 0.2) is 83.7 Å². The molecule has 0 fully saturated rings. The summed E-state index contributed by atoms with van der Waals surface area (Å²) in [6, 6.07) is 27.4. The lowest BCUT2D eigenvalue weighted by Crippen LogP contribution is -2.12. The first-order chi connectivity index (χ1) is 15.6. The number of pyridine rings is 1. The Kier molecular flexibility index (Phi) is 6.05. The van der Waals surface area contributed by atoms with E-state index in [0.717, 1.165) is 28.0 Å². The summed E-state index contributed by atoms with van der Waals surface area (Å²) in [5.74, 6) is 1.41. The van der Waals surface area contributed by atoms with E-state index in [1.54, 1.807) is 20.1 Å². The van der Waals surface area contributed by atoms with E-state index >= 15 is 0 Å². The minimum atomic E-state index is -0.394. The molecule has 1 N–H and O–H groups in total. The van der Waals surface area contributed by atoms with Crippen LogP contribution < -0.4 is 15.0 Å². The maximum absolute atomic E-state index is 12.2. The zero-order valence-corrected chi connectivity index (χ0v) is 17.9. The molecule has 4 aromatic rings. The van der Waals surface area contributed by atoms with E-state index < -0.39 is 5.56 Å². The number of aryl methyl sites for hydroxylation is 1. The highest BCUT2D eigenvalue weighted by Gasteiger charge is 2.13. The molecule has 158 valence electrons. The van der Waals surface area contributed by atoms with Crippen LogP contribution in [0, 0.1) is 18.3 Å². The predicted octanol–water partition coefficient (Wildman–Crippen LogP) is 5.48. The van der Waals surface area contributed by atoms with Gasteiger partial charge in [0, 0.05) is 16.8 Å². The summed E-state index contributed by atoms with van der Waals surface area (Å²) in [5, 5.41) is 9.46. The van der Waals surface area contributed by atoms with E-state index in [1.807, 2.05) is 66.7 Å². The molecule has 0 aliphatic carbocycles. The van der Waals surface area contributed by atoms with Crippen LogP contribution in [-0.4, -0.2) is 12.1 Å². The second kappa shape index (κ2) is 9.23. The maximum Gasteiger partial charge on any atom is 0.266 e. The molecule has 4 rings (SSSR count). The summed E-state index contributed by atoms with van der Waals surface area (Å²) in [6.07, 6.45) is 0. The first-order valence-corrected chi connectivity index (χ1v) is 10.2. The van der Waals surface area contributed by atoms with Crippen molar-refractivity contribution in [1.82, 2.24) is 4.98 Å². The summed E-state index contributed by atoms with van der Waals surface area (Å²) in [7, 11) is 1.60. The third-order valence-electron chi connectivity index (χ3n) is 5.23. The van der Waals surface area contributed by atoms with Crippen LogP contribution in [0.3, 0.4) is 0 Å². The zero-order chi connectivity index (χ0) is 22.5. The number of rotatable bonds is 6. The van der Waals surface area contributed by atoms with Crippen molar-refractivity contribution < 1.29 is 9.47 Å². The van der Waals surface area contributed by atoms with E-state index in [2.05, 4.69) is 17.1 Å². The SMILES string of the molecule is COc1ccc(-c2cc(C)[nH]c(=O)c2C#N)cc1COc1ccc(-c2ccccc2)cc1. The number of hydrogen-bond donors (Lipinski definition) is 1. The van der Waals surface area contributed by atoms with Gasteiger partial charge in [0.15, 0.2) is 0 Å². The molecule has 0 aliphatic rings. The Hall–Kier alpha value is -4.30. The van der Waals surface area contributed by atoms with Gasteiger partial charge in [0.25, 0.3) is 5.56 Å². The molecule has 0 amide bonds. The normalized spacial score (nSPS) is 10.4. The lowest BCUT2D eigenvalue weighted by atomic mass is 9.99. The number of nitrogens with zero attached hydrogens (tertiary/aromatic N) is 1. The van der Waals surface area contributed by atoms with Gasteiger partial charge in [-0.25, -0.2) is 0 Å². The number of benzene rings is 3. The van der Waals surface area contributed by atoms with Gasteiger partial charge in [0.05, 0.1) is 7.11 Å². The fourth-order valence-electron chi connectivity index (χ4n) is 3.62. The number of methoxy groups -OCH3 is 1. The van der Waals surface area contributed by atoms with Crippen molar-refractivity contribution in [2.45, 2.75) is 13.5 Å². The number of nitrogens with one attached hydrogen (secondary N) is 1. The smallest absolute Gasteiger partial charge is 0.266 e. The van der Waals surface area contributed by atoms with E-state index in [9.17, 15) is 10.1 Å². The fourth-order valence-corrected chi connectivity index (χ4v) is 3.62. The van der Waals surface area contributed by atoms with Crippen LogP contribution in [0.4, 0.5) is 0 Å². The lowest BCUT2D eigenvalue weighted by Gasteiger charge is -2.13. The van der Waals surface area contributed by atoms with Gasteiger partial charge in [-0.2, -0.15) is 5.26 Å². The van der Waals surface area contributed by atoms with Crippen LogP contribution in [-0.2, 0) is 6.61 Å². The van der Waals surface area contributed by atoms with Crippen LogP contribution in [0.25, 0.3) is 22.3 Å². The highest BCUT2D eigenvalue weighted by molar-refractivity contribution is 5.72. The van der Waals surface area contributed by atoms with Crippen molar-refractivity contribution in [2.24, 2.45) is 0 Å². The fraction of sp³-hybridized carbons (Fsp3) is 0.111. The Morgan fingerprint density at radius 2 is 1.59 bits per heavy atom. The third-order valence-corrected chi connectivity index (χ3v) is 5.23. The topological polar surface area (TPSA) is 75.1 Å². The van der Waals surface area contributed by atoms with Crippen LogP contribution in [0.1, 0.15) is 16.8 Å². The van der Waals surface area contributed by atoms with Gasteiger partial charge in [-0.15, -0.1) is 0 Å². The van der Waals surface area contributed by atoms with Crippen molar-refractivity contribution >= 4 is 0 Å². The van der Waals surface area contributed by atoms with Gasteiger partial charge in [0.2, 0.25) is 0 Å².